The van der Waals surface area contributed by atoms with Gasteiger partial charge in [0.1, 0.15) is 0 Å². The summed E-state index contributed by atoms with van der Waals surface area (Å²) < 4.78 is 0. The van der Waals surface area contributed by atoms with Gasteiger partial charge in [-0.2, -0.15) is 0 Å². The first-order chi connectivity index (χ1) is 4.10. The molecule has 1 aliphatic heterocycles. The molecule has 1 aliphatic rings. The summed E-state index contributed by atoms with van der Waals surface area (Å²) in [4.78, 5) is 10.7. The summed E-state index contributed by atoms with van der Waals surface area (Å²) in [7, 11) is -1.03. The van der Waals surface area contributed by atoms with Crippen molar-refractivity contribution < 1.29 is 4.79 Å². The number of carbonyl (C=O) groups is 1. The van der Waals surface area contributed by atoms with Crippen molar-refractivity contribution in [1.82, 2.24) is 0 Å². The molecule has 50 valence electrons. The summed E-state index contributed by atoms with van der Waals surface area (Å²) in [6, 6.07) is 1.14. The van der Waals surface area contributed by atoms with Crippen molar-refractivity contribution in [2.45, 2.75) is 25.6 Å². The molecule has 9 heavy (non-hydrogen) atoms. The van der Waals surface area contributed by atoms with E-state index in [4.69, 9.17) is 0 Å². The van der Waals surface area contributed by atoms with Gasteiger partial charge in [0.25, 0.3) is 0 Å². The van der Waals surface area contributed by atoms with Crippen LogP contribution in [-0.4, -0.2) is 13.9 Å². The molecule has 0 spiro atoms. The second kappa shape index (κ2) is 2.10. The van der Waals surface area contributed by atoms with Gasteiger partial charge in [0.15, 0.2) is 5.78 Å². The third-order valence-electron chi connectivity index (χ3n) is 1.74. The first-order valence-corrected chi connectivity index (χ1v) is 6.61. The molecule has 0 saturated heterocycles. The molecule has 0 N–H and O–H groups in total. The molecule has 0 aromatic heterocycles. The molecule has 0 aliphatic carbocycles. The normalized spacial score (nSPS) is 24.4. The topological polar surface area (TPSA) is 17.1 Å². The zero-order valence-electron chi connectivity index (χ0n) is 5.98. The van der Waals surface area contributed by atoms with Gasteiger partial charge in [0, 0.05) is 6.42 Å². The van der Waals surface area contributed by atoms with E-state index in [1.165, 1.54) is 0 Å². The fourth-order valence-electron chi connectivity index (χ4n) is 0.931. The van der Waals surface area contributed by atoms with Crippen LogP contribution in [0.4, 0.5) is 0 Å². The zero-order chi connectivity index (χ0) is 6.91. The smallest absolute Gasteiger partial charge is 0.154 e. The SMILES string of the molecule is C[Si]1(C)C=CC(=O)CC1. The molecule has 0 bridgehead atoms. The Morgan fingerprint density at radius 2 is 2.22 bits per heavy atom. The summed E-state index contributed by atoms with van der Waals surface area (Å²) in [6.07, 6.45) is 2.55. The Balaban J connectivity index is 2.69. The van der Waals surface area contributed by atoms with Crippen LogP contribution in [0.2, 0.25) is 19.1 Å². The lowest BCUT2D eigenvalue weighted by Gasteiger charge is -2.19. The van der Waals surface area contributed by atoms with Gasteiger partial charge in [0.05, 0.1) is 8.07 Å². The standard InChI is InChI=1S/C7H12OSi/c1-9(2)5-3-7(8)4-6-9/h3,5H,4,6H2,1-2H3. The summed E-state index contributed by atoms with van der Waals surface area (Å²) >= 11 is 0. The van der Waals surface area contributed by atoms with E-state index in [1.54, 1.807) is 6.08 Å². The number of rotatable bonds is 0. The van der Waals surface area contributed by atoms with Gasteiger partial charge in [-0.05, 0) is 12.1 Å². The Morgan fingerprint density at radius 3 is 2.56 bits per heavy atom. The van der Waals surface area contributed by atoms with E-state index in [2.05, 4.69) is 18.8 Å². The van der Waals surface area contributed by atoms with Gasteiger partial charge in [-0.25, -0.2) is 0 Å². The Hall–Kier alpha value is -0.373. The second-order valence-corrected chi connectivity index (χ2v) is 8.10. The van der Waals surface area contributed by atoms with Gasteiger partial charge in [-0.1, -0.05) is 18.8 Å². The fourth-order valence-corrected chi connectivity index (χ4v) is 2.63. The van der Waals surface area contributed by atoms with Crippen molar-refractivity contribution in [3.05, 3.63) is 11.8 Å². The van der Waals surface area contributed by atoms with Gasteiger partial charge < -0.3 is 0 Å². The third-order valence-corrected chi connectivity index (χ3v) is 4.34. The highest BCUT2D eigenvalue weighted by molar-refractivity contribution is 6.83. The maximum Gasteiger partial charge on any atom is 0.154 e. The van der Waals surface area contributed by atoms with Crippen molar-refractivity contribution in [2.24, 2.45) is 0 Å². The Bertz CT molecular complexity index is 158. The first kappa shape index (κ1) is 6.74. The van der Waals surface area contributed by atoms with Gasteiger partial charge >= 0.3 is 0 Å². The van der Waals surface area contributed by atoms with Crippen molar-refractivity contribution in [1.29, 1.82) is 0 Å². The van der Waals surface area contributed by atoms with Crippen molar-refractivity contribution >= 4 is 13.9 Å². The average Bonchev–Trinajstić information content (AvgIpc) is 1.78. The van der Waals surface area contributed by atoms with Gasteiger partial charge in [0.2, 0.25) is 0 Å². The lowest BCUT2D eigenvalue weighted by molar-refractivity contribution is -0.114. The molecular formula is C7H12OSi. The highest BCUT2D eigenvalue weighted by Crippen LogP contribution is 2.18. The lowest BCUT2D eigenvalue weighted by atomic mass is 10.3. The molecular weight excluding hydrogens is 128 g/mol. The van der Waals surface area contributed by atoms with Gasteiger partial charge in [-0.3, -0.25) is 4.79 Å². The van der Waals surface area contributed by atoms with Crippen LogP contribution >= 0.6 is 0 Å². The molecule has 1 rings (SSSR count). The predicted molar refractivity (Wildman–Crippen MR) is 41.1 cm³/mol. The number of carbonyl (C=O) groups excluding carboxylic acids is 1. The molecule has 1 heterocycles. The number of hydrogen-bond donors (Lipinski definition) is 0. The van der Waals surface area contributed by atoms with Crippen LogP contribution < -0.4 is 0 Å². The Kier molecular flexibility index (Phi) is 1.57. The van der Waals surface area contributed by atoms with Crippen LogP contribution in [0, 0.1) is 0 Å². The summed E-state index contributed by atoms with van der Waals surface area (Å²) in [5.41, 5.74) is 2.14. The van der Waals surface area contributed by atoms with Crippen molar-refractivity contribution in [2.75, 3.05) is 0 Å². The minimum absolute atomic E-state index is 0.307. The molecule has 2 heteroatoms. The monoisotopic (exact) mass is 140 g/mol. The highest BCUT2D eigenvalue weighted by atomic mass is 28.3. The lowest BCUT2D eigenvalue weighted by Crippen LogP contribution is -2.26. The van der Waals surface area contributed by atoms with Crippen LogP contribution in [0.1, 0.15) is 6.42 Å². The van der Waals surface area contributed by atoms with Crippen molar-refractivity contribution in [3.63, 3.8) is 0 Å². The highest BCUT2D eigenvalue weighted by Gasteiger charge is 2.21. The number of hydrogen-bond acceptors (Lipinski definition) is 1. The predicted octanol–water partition coefficient (Wildman–Crippen LogP) is 1.76. The average molecular weight is 140 g/mol. The minimum atomic E-state index is -1.03. The van der Waals surface area contributed by atoms with E-state index in [1.807, 2.05) is 0 Å². The van der Waals surface area contributed by atoms with Crippen LogP contribution in [0.15, 0.2) is 11.8 Å². The molecule has 0 fully saturated rings. The first-order valence-electron chi connectivity index (χ1n) is 3.32. The van der Waals surface area contributed by atoms with Crippen molar-refractivity contribution in [3.8, 4) is 0 Å². The number of allylic oxidation sites excluding steroid dienone is 1. The van der Waals surface area contributed by atoms with Crippen LogP contribution in [0.3, 0.4) is 0 Å². The van der Waals surface area contributed by atoms with Crippen LogP contribution in [0.5, 0.6) is 0 Å². The molecule has 0 aromatic rings. The molecule has 0 saturated carbocycles. The molecule has 1 nitrogen and oxygen atoms in total. The second-order valence-electron chi connectivity index (χ2n) is 3.29. The summed E-state index contributed by atoms with van der Waals surface area (Å²) in [6.45, 7) is 4.58. The van der Waals surface area contributed by atoms with E-state index >= 15 is 0 Å². The molecule has 0 aromatic carbocycles. The maximum atomic E-state index is 10.7. The molecule has 0 unspecified atom stereocenters. The zero-order valence-corrected chi connectivity index (χ0v) is 6.98. The third kappa shape index (κ3) is 1.79. The molecule has 0 amide bonds. The van der Waals surface area contributed by atoms with E-state index in [9.17, 15) is 4.79 Å². The van der Waals surface area contributed by atoms with E-state index in [0.29, 0.717) is 5.78 Å². The van der Waals surface area contributed by atoms with E-state index in [0.717, 1.165) is 12.5 Å². The van der Waals surface area contributed by atoms with E-state index in [-0.39, 0.29) is 0 Å². The van der Waals surface area contributed by atoms with Crippen LogP contribution in [0.25, 0.3) is 0 Å². The Morgan fingerprint density at radius 1 is 1.56 bits per heavy atom. The maximum absolute atomic E-state index is 10.7. The largest absolute Gasteiger partial charge is 0.295 e. The van der Waals surface area contributed by atoms with Crippen LogP contribution in [-0.2, 0) is 4.79 Å². The molecule has 0 atom stereocenters. The summed E-state index contributed by atoms with van der Waals surface area (Å²) in [5, 5.41) is 0. The fraction of sp³-hybridized carbons (Fsp3) is 0.571. The Labute approximate surface area is 56.8 Å². The molecule has 0 radical (unpaired) electrons. The van der Waals surface area contributed by atoms with Gasteiger partial charge in [-0.15, -0.1) is 0 Å². The minimum Gasteiger partial charge on any atom is -0.295 e. The number of ketones is 1. The quantitative estimate of drug-likeness (QED) is 0.469. The summed E-state index contributed by atoms with van der Waals surface area (Å²) in [5.74, 6) is 0.307. The van der Waals surface area contributed by atoms with E-state index < -0.39 is 8.07 Å².